The second-order valence-corrected chi connectivity index (χ2v) is 14.2. The molecule has 0 bridgehead atoms. The topological polar surface area (TPSA) is 29.5 Å². The molecule has 0 saturated heterocycles. The average Bonchev–Trinajstić information content (AvgIpc) is 3.91. The van der Waals surface area contributed by atoms with Gasteiger partial charge in [-0.2, -0.15) is 0 Å². The van der Waals surface area contributed by atoms with Gasteiger partial charge in [0.2, 0.25) is 0 Å². The average molecular weight is 684 g/mol. The molecule has 0 N–H and O–H groups in total. The Labute approximate surface area is 303 Å². The number of anilines is 3. The normalized spacial score (nSPS) is 11.8. The van der Waals surface area contributed by atoms with Crippen LogP contribution in [0.1, 0.15) is 0 Å². The van der Waals surface area contributed by atoms with E-state index in [-0.39, 0.29) is 0 Å². The van der Waals surface area contributed by atoms with Crippen molar-refractivity contribution in [3.63, 3.8) is 0 Å². The quantitative estimate of drug-likeness (QED) is 0.181. The Bertz CT molecular complexity index is 3150. The molecule has 3 aromatic heterocycles. The molecule has 0 fully saturated rings. The summed E-state index contributed by atoms with van der Waals surface area (Å²) in [5, 5.41) is 6.94. The summed E-state index contributed by atoms with van der Waals surface area (Å²) in [6, 6.07) is 62.3. The maximum atomic E-state index is 6.71. The van der Waals surface area contributed by atoms with Crippen LogP contribution in [0, 0.1) is 0 Å². The van der Waals surface area contributed by atoms with Crippen LogP contribution in [-0.4, -0.2) is 0 Å². The molecule has 52 heavy (non-hydrogen) atoms. The van der Waals surface area contributed by atoms with Gasteiger partial charge in [-0.3, -0.25) is 0 Å². The molecule has 8 aromatic carbocycles. The maximum Gasteiger partial charge on any atom is 0.159 e. The molecule has 0 aliphatic heterocycles. The number of rotatable bonds is 5. The highest BCUT2D eigenvalue weighted by atomic mass is 32.1. The van der Waals surface area contributed by atoms with Gasteiger partial charge in [-0.05, 0) is 53.1 Å². The lowest BCUT2D eigenvalue weighted by molar-refractivity contribution is 0.669. The van der Waals surface area contributed by atoms with Crippen molar-refractivity contribution in [1.82, 2.24) is 0 Å². The lowest BCUT2D eigenvalue weighted by atomic mass is 10.0. The molecule has 4 heteroatoms. The summed E-state index contributed by atoms with van der Waals surface area (Å²) in [4.78, 5) is 2.38. The van der Waals surface area contributed by atoms with Crippen molar-refractivity contribution in [2.45, 2.75) is 0 Å². The minimum atomic E-state index is 0.858. The molecule has 11 aromatic rings. The van der Waals surface area contributed by atoms with E-state index >= 15 is 0 Å². The molecule has 11 rings (SSSR count). The van der Waals surface area contributed by atoms with Crippen LogP contribution in [-0.2, 0) is 0 Å². The monoisotopic (exact) mass is 683 g/mol. The Morgan fingerprint density at radius 2 is 0.904 bits per heavy atom. The van der Waals surface area contributed by atoms with Crippen LogP contribution in [0.15, 0.2) is 185 Å². The summed E-state index contributed by atoms with van der Waals surface area (Å²) in [6.45, 7) is 0. The fourth-order valence-electron chi connectivity index (χ4n) is 7.93. The Kier molecular flexibility index (Phi) is 6.42. The van der Waals surface area contributed by atoms with Gasteiger partial charge < -0.3 is 13.7 Å². The fraction of sp³-hybridized carbons (Fsp3) is 0. The Morgan fingerprint density at radius 1 is 0.365 bits per heavy atom. The summed E-state index contributed by atoms with van der Waals surface area (Å²) in [7, 11) is 0. The highest BCUT2D eigenvalue weighted by molar-refractivity contribution is 7.27. The smallest absolute Gasteiger partial charge is 0.159 e. The summed E-state index contributed by atoms with van der Waals surface area (Å²) < 4.78 is 15.7. The number of hydrogen-bond donors (Lipinski definition) is 0. The van der Waals surface area contributed by atoms with Gasteiger partial charge in [0.15, 0.2) is 5.58 Å². The summed E-state index contributed by atoms with van der Waals surface area (Å²) in [5.41, 5.74) is 11.3. The highest BCUT2D eigenvalue weighted by Gasteiger charge is 2.24. The summed E-state index contributed by atoms with van der Waals surface area (Å²) >= 11 is 1.86. The first-order valence-electron chi connectivity index (χ1n) is 17.5. The minimum absolute atomic E-state index is 0.858. The van der Waals surface area contributed by atoms with E-state index in [1.165, 1.54) is 31.3 Å². The van der Waals surface area contributed by atoms with E-state index < -0.39 is 0 Å². The molecule has 0 saturated carbocycles. The first-order valence-corrected chi connectivity index (χ1v) is 18.3. The first-order chi connectivity index (χ1) is 25.8. The van der Waals surface area contributed by atoms with E-state index in [1.807, 2.05) is 29.5 Å². The van der Waals surface area contributed by atoms with Gasteiger partial charge in [0.05, 0.1) is 16.1 Å². The largest absolute Gasteiger partial charge is 0.455 e. The van der Waals surface area contributed by atoms with Gasteiger partial charge in [0.1, 0.15) is 16.7 Å². The van der Waals surface area contributed by atoms with Crippen LogP contribution in [0.25, 0.3) is 86.3 Å². The maximum absolute atomic E-state index is 6.71. The van der Waals surface area contributed by atoms with E-state index in [2.05, 4.69) is 163 Å². The van der Waals surface area contributed by atoms with Crippen LogP contribution in [0.2, 0.25) is 0 Å². The number of furan rings is 2. The fourth-order valence-corrected chi connectivity index (χ4v) is 9.27. The van der Waals surface area contributed by atoms with Gasteiger partial charge >= 0.3 is 0 Å². The third-order valence-electron chi connectivity index (χ3n) is 10.3. The second-order valence-electron chi connectivity index (χ2n) is 13.2. The minimum Gasteiger partial charge on any atom is -0.455 e. The highest BCUT2D eigenvalue weighted by Crippen LogP contribution is 2.49. The number of benzene rings is 8. The van der Waals surface area contributed by atoms with Crippen LogP contribution in [0.4, 0.5) is 17.1 Å². The van der Waals surface area contributed by atoms with Crippen molar-refractivity contribution in [2.24, 2.45) is 0 Å². The molecule has 0 aliphatic rings. The van der Waals surface area contributed by atoms with Crippen molar-refractivity contribution < 1.29 is 8.83 Å². The Balaban J connectivity index is 1.19. The zero-order valence-electron chi connectivity index (χ0n) is 27.9. The summed E-state index contributed by atoms with van der Waals surface area (Å²) in [6.07, 6.45) is 0. The van der Waals surface area contributed by atoms with E-state index in [9.17, 15) is 0 Å². The predicted octanol–water partition coefficient (Wildman–Crippen LogP) is 14.7. The van der Waals surface area contributed by atoms with Crippen LogP contribution >= 0.6 is 11.3 Å². The van der Waals surface area contributed by atoms with Crippen LogP contribution in [0.5, 0.6) is 0 Å². The van der Waals surface area contributed by atoms with E-state index in [4.69, 9.17) is 8.83 Å². The molecule has 0 radical (unpaired) electrons. The van der Waals surface area contributed by atoms with Crippen LogP contribution < -0.4 is 4.90 Å². The number of nitrogens with zero attached hydrogens (tertiary/aromatic N) is 1. The third-order valence-corrected chi connectivity index (χ3v) is 11.6. The van der Waals surface area contributed by atoms with Crippen molar-refractivity contribution >= 4 is 92.4 Å². The van der Waals surface area contributed by atoms with E-state index in [0.717, 1.165) is 72.1 Å². The van der Waals surface area contributed by atoms with Crippen molar-refractivity contribution in [3.05, 3.63) is 176 Å². The van der Waals surface area contributed by atoms with E-state index in [1.54, 1.807) is 0 Å². The van der Waals surface area contributed by atoms with Gasteiger partial charge in [0.25, 0.3) is 0 Å². The van der Waals surface area contributed by atoms with Crippen molar-refractivity contribution in [3.8, 4) is 22.3 Å². The molecule has 0 aliphatic carbocycles. The van der Waals surface area contributed by atoms with Gasteiger partial charge in [-0.1, -0.05) is 140 Å². The standard InChI is InChI=1S/C48H29NO2S/c1-2-13-30(14-3-1)34-20-10-23-39-40-24-12-26-42(48(40)52-47(34)39)49(41-25-11-22-38-36-18-5-7-28-44(36)51-46(38)41)32-16-8-15-31(29-32)33-19-9-21-37-35-17-4-6-27-43(35)50-45(33)37/h1-29H. The Hall–Kier alpha value is -6.62. The molecule has 3 nitrogen and oxygen atoms in total. The zero-order valence-corrected chi connectivity index (χ0v) is 28.7. The molecule has 0 unspecified atom stereocenters. The number of para-hydroxylation sites is 4. The lowest BCUT2D eigenvalue weighted by Crippen LogP contribution is -2.10. The molecule has 244 valence electrons. The molecule has 3 heterocycles. The first kappa shape index (κ1) is 29.1. The summed E-state index contributed by atoms with van der Waals surface area (Å²) in [5.74, 6) is 0. The molecular weight excluding hydrogens is 655 g/mol. The SMILES string of the molecule is c1ccc(-c2cccc3c2sc2c(N(c4cccc(-c5cccc6c5oc5ccccc56)c4)c4cccc5c4oc4ccccc45)cccc23)cc1. The predicted molar refractivity (Wildman–Crippen MR) is 219 cm³/mol. The molecular formula is C48H29NO2S. The van der Waals surface area contributed by atoms with Gasteiger partial charge in [-0.15, -0.1) is 11.3 Å². The lowest BCUT2D eigenvalue weighted by Gasteiger charge is -2.26. The molecule has 0 amide bonds. The van der Waals surface area contributed by atoms with E-state index in [0.29, 0.717) is 0 Å². The number of hydrogen-bond acceptors (Lipinski definition) is 4. The van der Waals surface area contributed by atoms with Crippen molar-refractivity contribution in [2.75, 3.05) is 4.90 Å². The van der Waals surface area contributed by atoms with Gasteiger partial charge in [0, 0.05) is 48.3 Å². The molecule has 0 atom stereocenters. The second kappa shape index (κ2) is 11.5. The van der Waals surface area contributed by atoms with Gasteiger partial charge in [-0.25, -0.2) is 0 Å². The zero-order chi connectivity index (χ0) is 34.2. The third kappa shape index (κ3) is 4.38. The molecule has 0 spiro atoms. The van der Waals surface area contributed by atoms with Crippen molar-refractivity contribution in [1.29, 1.82) is 0 Å². The number of fused-ring (bicyclic) bond motifs is 9. The Morgan fingerprint density at radius 3 is 1.67 bits per heavy atom. The number of thiophene rings is 1. The van der Waals surface area contributed by atoms with Crippen LogP contribution in [0.3, 0.4) is 0 Å².